The highest BCUT2D eigenvalue weighted by Crippen LogP contribution is 2.23. The van der Waals surface area contributed by atoms with E-state index in [1.165, 1.54) is 12.8 Å². The Morgan fingerprint density at radius 3 is 1.83 bits per heavy atom. The molecule has 1 heterocycles. The number of hydrogen-bond acceptors (Lipinski definition) is 2. The lowest BCUT2D eigenvalue weighted by molar-refractivity contribution is 0.0750. The maximum Gasteiger partial charge on any atom is 0.0119 e. The topological polar surface area (TPSA) is 6.48 Å². The van der Waals surface area contributed by atoms with Gasteiger partial charge in [-0.1, -0.05) is 0 Å². The third-order valence-corrected chi connectivity index (χ3v) is 3.35. The van der Waals surface area contributed by atoms with Crippen molar-refractivity contribution in [3.8, 4) is 0 Å². The predicted molar refractivity (Wildman–Crippen MR) is 53.4 cm³/mol. The van der Waals surface area contributed by atoms with Crippen LogP contribution >= 0.6 is 0 Å². The third-order valence-electron chi connectivity index (χ3n) is 3.35. The van der Waals surface area contributed by atoms with Crippen molar-refractivity contribution in [3.05, 3.63) is 0 Å². The van der Waals surface area contributed by atoms with Gasteiger partial charge >= 0.3 is 0 Å². The van der Waals surface area contributed by atoms with Gasteiger partial charge < -0.3 is 9.80 Å². The van der Waals surface area contributed by atoms with Crippen LogP contribution in [-0.4, -0.2) is 49.1 Å². The van der Waals surface area contributed by atoms with Gasteiger partial charge in [-0.3, -0.25) is 0 Å². The Balaban J connectivity index is 2.53. The Kier molecular flexibility index (Phi) is 3.13. The zero-order valence-corrected chi connectivity index (χ0v) is 9.04. The van der Waals surface area contributed by atoms with Crippen LogP contribution in [0.5, 0.6) is 0 Å². The molecule has 0 bridgehead atoms. The second kappa shape index (κ2) is 3.75. The highest BCUT2D eigenvalue weighted by Gasteiger charge is 2.28. The lowest BCUT2D eigenvalue weighted by atomic mass is 9.93. The molecule has 0 saturated carbocycles. The smallest absolute Gasteiger partial charge is 0.0119 e. The van der Waals surface area contributed by atoms with Crippen molar-refractivity contribution in [1.29, 1.82) is 0 Å². The Bertz CT molecular complexity index is 133. The Morgan fingerprint density at radius 2 is 1.50 bits per heavy atom. The molecule has 1 aliphatic rings. The van der Waals surface area contributed by atoms with E-state index in [1.807, 2.05) is 0 Å². The first-order chi connectivity index (χ1) is 5.52. The van der Waals surface area contributed by atoms with Crippen molar-refractivity contribution < 1.29 is 0 Å². The van der Waals surface area contributed by atoms with Crippen LogP contribution in [-0.2, 0) is 0 Å². The molecule has 0 aromatic heterocycles. The fourth-order valence-electron chi connectivity index (χ4n) is 2.07. The SMILES string of the molecule is CC1CC(N(C)C)C[C@@H](C)N1C. The molecule has 0 spiro atoms. The van der Waals surface area contributed by atoms with E-state index >= 15 is 0 Å². The first-order valence-corrected chi connectivity index (χ1v) is 4.90. The number of hydrogen-bond donors (Lipinski definition) is 0. The number of piperidine rings is 1. The standard InChI is InChI=1S/C10H22N2/c1-8-6-10(11(3)4)7-9(2)12(8)5/h8-10H,6-7H2,1-5H3/t8-,9?,10?/m1/s1. The normalized spacial score (nSPS) is 39.0. The van der Waals surface area contributed by atoms with Gasteiger partial charge in [0.2, 0.25) is 0 Å². The van der Waals surface area contributed by atoms with Gasteiger partial charge in [0.25, 0.3) is 0 Å². The van der Waals surface area contributed by atoms with E-state index < -0.39 is 0 Å². The molecule has 0 aromatic carbocycles. The van der Waals surface area contributed by atoms with E-state index in [9.17, 15) is 0 Å². The monoisotopic (exact) mass is 170 g/mol. The number of likely N-dealkylation sites (tertiary alicyclic amines) is 1. The van der Waals surface area contributed by atoms with Crippen LogP contribution in [0.1, 0.15) is 26.7 Å². The van der Waals surface area contributed by atoms with Gasteiger partial charge in [0.1, 0.15) is 0 Å². The molecule has 0 N–H and O–H groups in total. The summed E-state index contributed by atoms with van der Waals surface area (Å²) in [5.41, 5.74) is 0. The van der Waals surface area contributed by atoms with Crippen molar-refractivity contribution in [3.63, 3.8) is 0 Å². The minimum Gasteiger partial charge on any atom is -0.306 e. The molecule has 0 aromatic rings. The summed E-state index contributed by atoms with van der Waals surface area (Å²) in [6.07, 6.45) is 2.63. The molecule has 0 aliphatic carbocycles. The maximum absolute atomic E-state index is 2.49. The van der Waals surface area contributed by atoms with Crippen LogP contribution in [0.15, 0.2) is 0 Å². The van der Waals surface area contributed by atoms with Crippen LogP contribution < -0.4 is 0 Å². The van der Waals surface area contributed by atoms with E-state index in [0.29, 0.717) is 0 Å². The average molecular weight is 170 g/mol. The Labute approximate surface area is 76.5 Å². The van der Waals surface area contributed by atoms with Gasteiger partial charge in [-0.2, -0.15) is 0 Å². The summed E-state index contributed by atoms with van der Waals surface area (Å²) >= 11 is 0. The molecule has 1 fully saturated rings. The lowest BCUT2D eigenvalue weighted by Crippen LogP contribution is -2.49. The summed E-state index contributed by atoms with van der Waals surface area (Å²) in [5.74, 6) is 0. The van der Waals surface area contributed by atoms with Crippen molar-refractivity contribution in [1.82, 2.24) is 9.80 Å². The molecule has 12 heavy (non-hydrogen) atoms. The second-order valence-electron chi connectivity index (χ2n) is 4.45. The number of rotatable bonds is 1. The van der Waals surface area contributed by atoms with Crippen molar-refractivity contribution in [2.24, 2.45) is 0 Å². The van der Waals surface area contributed by atoms with Gasteiger partial charge in [-0.05, 0) is 47.8 Å². The summed E-state index contributed by atoms with van der Waals surface area (Å²) in [5, 5.41) is 0. The molecule has 72 valence electrons. The van der Waals surface area contributed by atoms with E-state index in [1.54, 1.807) is 0 Å². The van der Waals surface area contributed by atoms with Gasteiger partial charge in [0.15, 0.2) is 0 Å². The summed E-state index contributed by atoms with van der Waals surface area (Å²) in [6.45, 7) is 4.65. The maximum atomic E-state index is 2.49. The second-order valence-corrected chi connectivity index (χ2v) is 4.45. The molecule has 3 atom stereocenters. The van der Waals surface area contributed by atoms with Gasteiger partial charge in [-0.15, -0.1) is 0 Å². The van der Waals surface area contributed by atoms with Crippen molar-refractivity contribution >= 4 is 0 Å². The minimum absolute atomic E-state index is 0.737. The van der Waals surface area contributed by atoms with Crippen LogP contribution in [0.3, 0.4) is 0 Å². The summed E-state index contributed by atoms with van der Waals surface area (Å²) in [6, 6.07) is 2.26. The molecule has 2 unspecified atom stereocenters. The molecule has 1 rings (SSSR count). The van der Waals surface area contributed by atoms with Crippen LogP contribution in [0, 0.1) is 0 Å². The zero-order chi connectivity index (χ0) is 9.30. The first-order valence-electron chi connectivity index (χ1n) is 4.90. The van der Waals surface area contributed by atoms with Crippen LogP contribution in [0.4, 0.5) is 0 Å². The van der Waals surface area contributed by atoms with Gasteiger partial charge in [-0.25, -0.2) is 0 Å². The van der Waals surface area contributed by atoms with E-state index in [4.69, 9.17) is 0 Å². The molecule has 1 saturated heterocycles. The summed E-state index contributed by atoms with van der Waals surface area (Å²) < 4.78 is 0. The molecule has 0 radical (unpaired) electrons. The molecule has 2 heteroatoms. The third kappa shape index (κ3) is 1.99. The highest BCUT2D eigenvalue weighted by molar-refractivity contribution is 4.85. The molecular formula is C10H22N2. The zero-order valence-electron chi connectivity index (χ0n) is 9.04. The quantitative estimate of drug-likeness (QED) is 0.587. The molecule has 1 aliphatic heterocycles. The van der Waals surface area contributed by atoms with E-state index in [-0.39, 0.29) is 0 Å². The minimum atomic E-state index is 0.737. The van der Waals surface area contributed by atoms with E-state index in [2.05, 4.69) is 44.8 Å². The molecular weight excluding hydrogens is 148 g/mol. The number of nitrogens with zero attached hydrogens (tertiary/aromatic N) is 2. The summed E-state index contributed by atoms with van der Waals surface area (Å²) in [4.78, 5) is 4.85. The van der Waals surface area contributed by atoms with Gasteiger partial charge in [0, 0.05) is 18.1 Å². The van der Waals surface area contributed by atoms with Crippen LogP contribution in [0.25, 0.3) is 0 Å². The van der Waals surface area contributed by atoms with Crippen LogP contribution in [0.2, 0.25) is 0 Å². The summed E-state index contributed by atoms with van der Waals surface area (Å²) in [7, 11) is 6.62. The average Bonchev–Trinajstić information content (AvgIpc) is 1.99. The fraction of sp³-hybridized carbons (Fsp3) is 1.00. The molecule has 0 amide bonds. The van der Waals surface area contributed by atoms with E-state index in [0.717, 1.165) is 18.1 Å². The largest absolute Gasteiger partial charge is 0.306 e. The Morgan fingerprint density at radius 1 is 1.08 bits per heavy atom. The first kappa shape index (κ1) is 10.0. The Hall–Kier alpha value is -0.0800. The lowest BCUT2D eigenvalue weighted by Gasteiger charge is -2.42. The molecule has 2 nitrogen and oxygen atoms in total. The van der Waals surface area contributed by atoms with Gasteiger partial charge in [0.05, 0.1) is 0 Å². The fourth-order valence-corrected chi connectivity index (χ4v) is 2.07. The predicted octanol–water partition coefficient (Wildman–Crippen LogP) is 1.42. The van der Waals surface area contributed by atoms with Crippen molar-refractivity contribution in [2.45, 2.75) is 44.8 Å². The van der Waals surface area contributed by atoms with Crippen molar-refractivity contribution in [2.75, 3.05) is 21.1 Å². The highest BCUT2D eigenvalue weighted by atomic mass is 15.2.